The van der Waals surface area contributed by atoms with Crippen molar-refractivity contribution >= 4 is 79.0 Å². The fourth-order valence-corrected chi connectivity index (χ4v) is 17.4. The van der Waals surface area contributed by atoms with Crippen LogP contribution in [-0.4, -0.2) is 11.3 Å². The lowest BCUT2D eigenvalue weighted by Gasteiger charge is -2.46. The molecule has 0 aliphatic carbocycles. The van der Waals surface area contributed by atoms with E-state index >= 15 is 0 Å². The van der Waals surface area contributed by atoms with E-state index < -0.39 is 239 Å². The molecule has 0 amide bonds. The predicted octanol–water partition coefficient (Wildman–Crippen LogP) is 34.4. The van der Waals surface area contributed by atoms with E-state index in [4.69, 9.17) is 0 Å². The molecule has 2 aliphatic heterocycles. The Hall–Kier alpha value is -10.7. The van der Waals surface area contributed by atoms with Gasteiger partial charge in [-0.1, -0.05) is 431 Å². The molecule has 0 atom stereocenters. The van der Waals surface area contributed by atoms with E-state index in [9.17, 15) is 35.6 Å². The van der Waals surface area contributed by atoms with Gasteiger partial charge in [-0.3, -0.25) is 0 Å². The third-order valence-electron chi connectivity index (χ3n) is 25.6. The third kappa shape index (κ3) is 17.4. The van der Waals surface area contributed by atoms with E-state index in [1.807, 2.05) is 119 Å². The number of hydrogen-bond acceptors (Lipinski definition) is 2. The van der Waals surface area contributed by atoms with Crippen molar-refractivity contribution in [1.82, 2.24) is 4.57 Å². The van der Waals surface area contributed by atoms with Crippen LogP contribution in [0, 0.1) is 0 Å². The Morgan fingerprint density at radius 2 is 0.538 bits per heavy atom. The molecule has 4 heteroatoms. The molecule has 13 aromatic carbocycles. The average Bonchev–Trinajstić information content (AvgIpc) is 1.30. The molecule has 670 valence electrons. The summed E-state index contributed by atoms with van der Waals surface area (Å²) >= 11 is 0. The quantitative estimate of drug-likeness (QED) is 0.133. The van der Waals surface area contributed by atoms with Crippen molar-refractivity contribution in [2.45, 2.75) is 314 Å². The summed E-state index contributed by atoms with van der Waals surface area (Å²) in [4.78, 5) is 3.49. The van der Waals surface area contributed by atoms with Crippen LogP contribution in [0.3, 0.4) is 0 Å². The highest BCUT2D eigenvalue weighted by Crippen LogP contribution is 2.58. The minimum atomic E-state index is -1.36. The summed E-state index contributed by atoms with van der Waals surface area (Å²) in [7, 11) is 0. The van der Waals surface area contributed by atoms with Gasteiger partial charge in [-0.05, 0) is 253 Å². The number of fused-ring (bicyclic) bond motifs is 7. The van der Waals surface area contributed by atoms with Gasteiger partial charge in [0, 0.05) is 55.8 Å². The van der Waals surface area contributed by atoms with Crippen molar-refractivity contribution in [2.75, 3.05) is 9.80 Å². The largest absolute Gasteiger partial charge is 0.310 e. The summed E-state index contributed by atoms with van der Waals surface area (Å²) in [5, 5.41) is -0.729. The number of benzene rings is 13. The summed E-state index contributed by atoms with van der Waals surface area (Å²) in [6.07, 6.45) is 0. The molecule has 3 nitrogen and oxygen atoms in total. The van der Waals surface area contributed by atoms with Gasteiger partial charge in [-0.2, -0.15) is 0 Å². The molecule has 0 radical (unpaired) electrons. The zero-order valence-corrected chi connectivity index (χ0v) is 84.0. The van der Waals surface area contributed by atoms with Crippen molar-refractivity contribution in [3.05, 3.63) is 309 Å². The van der Waals surface area contributed by atoms with Crippen molar-refractivity contribution in [3.8, 4) is 72.4 Å². The first kappa shape index (κ1) is 65.0. The molecule has 16 rings (SSSR count). The first-order valence-corrected chi connectivity index (χ1v) is 46.2. The van der Waals surface area contributed by atoms with Gasteiger partial charge in [-0.25, -0.2) is 0 Å². The normalized spacial score (nSPS) is 16.8. The highest BCUT2D eigenvalue weighted by atomic mass is 15.2. The minimum Gasteiger partial charge on any atom is -0.310 e. The van der Waals surface area contributed by atoms with Gasteiger partial charge in [0.25, 0.3) is 6.71 Å². The number of para-hydroxylation sites is 2. The maximum absolute atomic E-state index is 12.0. The molecule has 0 spiro atoms. The molecule has 14 aromatic rings. The first-order valence-electron chi connectivity index (χ1n) is 59.2. The maximum atomic E-state index is 12.0. The van der Waals surface area contributed by atoms with Crippen LogP contribution in [0.4, 0.5) is 34.1 Å². The summed E-state index contributed by atoms with van der Waals surface area (Å²) in [5.74, 6) is 0. The zero-order chi connectivity index (χ0) is 117. The molecule has 3 heterocycles. The van der Waals surface area contributed by atoms with E-state index in [2.05, 4.69) is 119 Å². The van der Waals surface area contributed by atoms with Crippen molar-refractivity contribution in [1.29, 1.82) is 0 Å². The van der Waals surface area contributed by atoms with Crippen molar-refractivity contribution in [3.63, 3.8) is 0 Å². The topological polar surface area (TPSA) is 11.4 Å². The monoisotopic (exact) mass is 1740 g/mol. The first-order chi connectivity index (χ1) is 70.9. The highest BCUT2D eigenvalue weighted by Gasteiger charge is 2.48. The molecule has 0 N–H and O–H groups in total. The lowest BCUT2D eigenvalue weighted by molar-refractivity contribution is 0.568. The Balaban J connectivity index is 1.36. The Bertz CT molecular complexity index is 8220. The van der Waals surface area contributed by atoms with Crippen molar-refractivity contribution < 1.29 is 35.6 Å². The summed E-state index contributed by atoms with van der Waals surface area (Å²) < 4.78 is 283. The van der Waals surface area contributed by atoms with Gasteiger partial charge in [0.05, 0.1) is 63.7 Å². The Morgan fingerprint density at radius 1 is 0.223 bits per heavy atom. The van der Waals surface area contributed by atoms with Crippen LogP contribution in [0.2, 0.25) is 0 Å². The predicted molar refractivity (Wildman–Crippen MR) is 572 cm³/mol. The maximum Gasteiger partial charge on any atom is 0.252 e. The second kappa shape index (κ2) is 31.5. The fraction of sp³-hybridized carbons (Fsp3) is 0.381. The molecule has 0 saturated carbocycles. The van der Waals surface area contributed by atoms with E-state index in [-0.39, 0.29) is 146 Å². The Kier molecular flexibility index (Phi) is 15.8. The second-order valence-corrected chi connectivity index (χ2v) is 48.9. The van der Waals surface area contributed by atoms with Crippen LogP contribution < -0.4 is 26.2 Å². The van der Waals surface area contributed by atoms with Gasteiger partial charge in [-0.15, -0.1) is 0 Å². The average molecular weight is 1740 g/mol. The summed E-state index contributed by atoms with van der Waals surface area (Å²) in [6, 6.07) is 13.4. The Morgan fingerprint density at radius 3 is 0.885 bits per heavy atom. The second-order valence-electron chi connectivity index (χ2n) is 48.9. The lowest BCUT2D eigenvalue weighted by Crippen LogP contribution is -2.61. The highest BCUT2D eigenvalue weighted by molar-refractivity contribution is 7.00. The molecule has 130 heavy (non-hydrogen) atoms. The minimum absolute atomic E-state index is 0.000173. The van der Waals surface area contributed by atoms with Crippen LogP contribution in [0.15, 0.2) is 242 Å². The molecule has 0 fully saturated rings. The molecule has 0 saturated heterocycles. The molecular formula is C126H148BN3. The van der Waals surface area contributed by atoms with Crippen LogP contribution in [0.1, 0.15) is 352 Å². The van der Waals surface area contributed by atoms with E-state index in [1.54, 1.807) is 105 Å². The van der Waals surface area contributed by atoms with E-state index in [0.29, 0.717) is 33.2 Å². The number of aromatic nitrogens is 1. The van der Waals surface area contributed by atoms with Gasteiger partial charge in [0.2, 0.25) is 0 Å². The molecule has 2 aliphatic rings. The van der Waals surface area contributed by atoms with E-state index in [0.717, 1.165) is 22.3 Å². The number of hydrogen-bond donors (Lipinski definition) is 0. The lowest BCUT2D eigenvalue weighted by atomic mass is 9.33. The number of anilines is 6. The van der Waals surface area contributed by atoms with Crippen LogP contribution in [0.25, 0.3) is 94.3 Å². The molecule has 0 unspecified atom stereocenters. The SMILES string of the molecule is [2H]c1c([2H])c(C(C)(C)C)c([2H])c([2H])c1-c1c([2H])c(C(C)(C)C)c([2H])c(-c2c([2H])c(C(C)(C)C)c([2H])c(C(C)(C)C)c2[2H])c1N1c2cc(-c3cc(C(C)(C)C)cc(C(C)(C)C)c3)ccc2B2c3ccc(-c4cc(C(C)(C)C)cc(C(C)(C)C)c4)cc3N(c3c(-c4c([2H])c([2H])c(C(C)(C)C)c([2H])c4[2H])c([2H])c(C(C)(C)C)c([2H])c3-c3c([2H])c([2H])c(C(C)(C)C)c([2H])c3C(C)(C)C)c3cc(-n4c5c([2H])c([2H])c([2H])c([2H])c5c5c([2H])c([2H])c([2H])c([2H])c54)cc1c32. The smallest absolute Gasteiger partial charge is 0.252 e. The molecular weight excluding hydrogens is 1570 g/mol. The Labute approximate surface area is 820 Å². The summed E-state index contributed by atoms with van der Waals surface area (Å²) in [5.41, 5.74) is -8.16. The zero-order valence-electron chi connectivity index (χ0n) is 110. The van der Waals surface area contributed by atoms with Gasteiger partial charge >= 0.3 is 0 Å². The van der Waals surface area contributed by atoms with Crippen LogP contribution in [-0.2, 0) is 65.0 Å². The van der Waals surface area contributed by atoms with Gasteiger partial charge in [0.15, 0.2) is 0 Å². The third-order valence-corrected chi connectivity index (χ3v) is 25.6. The van der Waals surface area contributed by atoms with Gasteiger partial charge in [0.1, 0.15) is 0 Å². The number of nitrogens with zero attached hydrogens (tertiary/aromatic N) is 3. The fourth-order valence-electron chi connectivity index (χ4n) is 17.4. The summed E-state index contributed by atoms with van der Waals surface area (Å²) in [6.45, 7) is 67.7. The van der Waals surface area contributed by atoms with Crippen LogP contribution in [0.5, 0.6) is 0 Å². The van der Waals surface area contributed by atoms with Crippen LogP contribution >= 0.6 is 0 Å². The van der Waals surface area contributed by atoms with Gasteiger partial charge < -0.3 is 14.4 Å². The van der Waals surface area contributed by atoms with E-state index in [1.165, 1.54) is 4.57 Å². The number of rotatable bonds is 9. The standard InChI is InChI=1S/C126H148BN3/c1-115(2,3)84-51-45-77(46-52-84)99-70-93(124(28,29)30)72-101(83-63-91(122(22,23)24)69-92(64-83)123(25,26)27)113(99)129-108-65-79(81-59-87(118(10,11)12)67-88(60-81)119(13,14)15)49-57-104(108)127-105-58-50-80(82-61-89(120(16,17)18)68-90(62-82)121(19,20)21)66-109(105)130(111-76-95(75-110(129)112(111)127)128-106-43-39-37-41-97(106)98-42-38-40-44-107(98)128)114-100(78-47-53-85(54-48-78)116(4,5)6)71-94(125(31,32)33)73-102(114)96-56-55-86(117(7,8)9)74-103(96)126(34,35)36/h37-76H,1-36H3/i37D,38D,39D,40D,41D,42D,43D,44D,45D,46D,47D,48D,51D,52D,53D,54D,55D,56D,63D,64D,69D,70D,71D,72D,73D,74D. The molecule has 1 aromatic heterocycles. The van der Waals surface area contributed by atoms with Crippen molar-refractivity contribution in [2.24, 2.45) is 0 Å². The molecule has 0 bridgehead atoms.